The van der Waals surface area contributed by atoms with E-state index in [9.17, 15) is 9.18 Å². The van der Waals surface area contributed by atoms with Gasteiger partial charge in [-0.1, -0.05) is 48.7 Å². The zero-order valence-corrected chi connectivity index (χ0v) is 13.1. The minimum atomic E-state index is -0.277. The van der Waals surface area contributed by atoms with Gasteiger partial charge < -0.3 is 0 Å². The van der Waals surface area contributed by atoms with Crippen LogP contribution < -0.4 is 0 Å². The minimum absolute atomic E-state index is 0.0990. The third-order valence-electron chi connectivity index (χ3n) is 4.28. The van der Waals surface area contributed by atoms with Crippen molar-refractivity contribution in [1.29, 1.82) is 0 Å². The first kappa shape index (κ1) is 14.7. The van der Waals surface area contributed by atoms with E-state index < -0.39 is 0 Å². The quantitative estimate of drug-likeness (QED) is 0.770. The van der Waals surface area contributed by atoms with E-state index in [1.54, 1.807) is 6.07 Å². The summed E-state index contributed by atoms with van der Waals surface area (Å²) in [7, 11) is 0. The predicted octanol–water partition coefficient (Wildman–Crippen LogP) is 4.92. The summed E-state index contributed by atoms with van der Waals surface area (Å²) in [5.41, 5.74) is 0.981. The number of carbonyl (C=O) groups is 1. The molecule has 0 aliphatic heterocycles. The second-order valence-electron chi connectivity index (χ2n) is 6.17. The Labute approximate surface area is 122 Å². The highest BCUT2D eigenvalue weighted by Crippen LogP contribution is 2.41. The SMILES string of the molecule is CC1(C)CCCCC1C(=O)Cc1ccc(F)cc1Br. The van der Waals surface area contributed by atoms with Crippen LogP contribution in [0.15, 0.2) is 22.7 Å². The highest BCUT2D eigenvalue weighted by atomic mass is 79.9. The van der Waals surface area contributed by atoms with Crippen LogP contribution in [0, 0.1) is 17.2 Å². The molecule has 2 rings (SSSR count). The molecule has 1 atom stereocenters. The lowest BCUT2D eigenvalue weighted by atomic mass is 9.66. The van der Waals surface area contributed by atoms with E-state index in [4.69, 9.17) is 0 Å². The number of ketones is 1. The molecule has 1 nitrogen and oxygen atoms in total. The molecule has 1 saturated carbocycles. The molecule has 104 valence electrons. The monoisotopic (exact) mass is 326 g/mol. The molecular weight excluding hydrogens is 307 g/mol. The van der Waals surface area contributed by atoms with Crippen molar-refractivity contribution in [3.05, 3.63) is 34.1 Å². The lowest BCUT2D eigenvalue weighted by molar-refractivity contribution is -0.127. The minimum Gasteiger partial charge on any atom is -0.299 e. The molecule has 19 heavy (non-hydrogen) atoms. The van der Waals surface area contributed by atoms with Crippen LogP contribution in [0.25, 0.3) is 0 Å². The Kier molecular flexibility index (Phi) is 4.44. The van der Waals surface area contributed by atoms with Crippen LogP contribution in [-0.2, 0) is 11.2 Å². The van der Waals surface area contributed by atoms with E-state index in [2.05, 4.69) is 29.8 Å². The molecule has 0 radical (unpaired) electrons. The highest BCUT2D eigenvalue weighted by molar-refractivity contribution is 9.10. The van der Waals surface area contributed by atoms with Crippen molar-refractivity contribution >= 4 is 21.7 Å². The van der Waals surface area contributed by atoms with Gasteiger partial charge in [-0.25, -0.2) is 4.39 Å². The van der Waals surface area contributed by atoms with E-state index in [0.29, 0.717) is 10.9 Å². The second kappa shape index (κ2) is 5.74. The Bertz CT molecular complexity index is 482. The van der Waals surface area contributed by atoms with Gasteiger partial charge in [0.15, 0.2) is 0 Å². The summed E-state index contributed by atoms with van der Waals surface area (Å²) >= 11 is 3.34. The number of hydrogen-bond acceptors (Lipinski definition) is 1. The normalized spacial score (nSPS) is 22.2. The second-order valence-corrected chi connectivity index (χ2v) is 7.02. The van der Waals surface area contributed by atoms with E-state index >= 15 is 0 Å². The zero-order chi connectivity index (χ0) is 14.0. The van der Waals surface area contributed by atoms with Crippen molar-refractivity contribution in [3.63, 3.8) is 0 Å². The van der Waals surface area contributed by atoms with Crippen LogP contribution in [0.1, 0.15) is 45.1 Å². The summed E-state index contributed by atoms with van der Waals surface area (Å²) in [6, 6.07) is 4.54. The molecule has 0 saturated heterocycles. The molecule has 1 aromatic rings. The first-order valence-corrected chi connectivity index (χ1v) is 7.66. The van der Waals surface area contributed by atoms with Crippen molar-refractivity contribution in [2.24, 2.45) is 11.3 Å². The number of rotatable bonds is 3. The molecule has 0 amide bonds. The van der Waals surface area contributed by atoms with Crippen LogP contribution in [-0.4, -0.2) is 5.78 Å². The van der Waals surface area contributed by atoms with Crippen LogP contribution in [0.3, 0.4) is 0 Å². The van der Waals surface area contributed by atoms with E-state index in [1.807, 2.05) is 0 Å². The topological polar surface area (TPSA) is 17.1 Å². The van der Waals surface area contributed by atoms with Crippen molar-refractivity contribution in [2.75, 3.05) is 0 Å². The molecule has 0 spiro atoms. The summed E-state index contributed by atoms with van der Waals surface area (Å²) in [6.07, 6.45) is 4.87. The molecular formula is C16H20BrFO. The number of halogens is 2. The Morgan fingerprint density at radius 1 is 1.42 bits per heavy atom. The van der Waals surface area contributed by atoms with Gasteiger partial charge in [-0.2, -0.15) is 0 Å². The largest absolute Gasteiger partial charge is 0.299 e. The Morgan fingerprint density at radius 2 is 2.16 bits per heavy atom. The Morgan fingerprint density at radius 3 is 2.79 bits per heavy atom. The van der Waals surface area contributed by atoms with Crippen molar-refractivity contribution in [2.45, 2.75) is 46.0 Å². The fraction of sp³-hybridized carbons (Fsp3) is 0.562. The van der Waals surface area contributed by atoms with Gasteiger partial charge in [0, 0.05) is 16.8 Å². The molecule has 1 unspecified atom stereocenters. The standard InChI is InChI=1S/C16H20BrFO/c1-16(2)8-4-3-5-13(16)15(19)9-11-6-7-12(18)10-14(11)17/h6-7,10,13H,3-5,8-9H2,1-2H3. The molecule has 1 aromatic carbocycles. The lowest BCUT2D eigenvalue weighted by Crippen LogP contribution is -2.34. The van der Waals surface area contributed by atoms with Crippen LogP contribution >= 0.6 is 15.9 Å². The van der Waals surface area contributed by atoms with E-state index in [1.165, 1.54) is 18.6 Å². The van der Waals surface area contributed by atoms with Crippen LogP contribution in [0.2, 0.25) is 0 Å². The molecule has 0 heterocycles. The summed E-state index contributed by atoms with van der Waals surface area (Å²) in [6.45, 7) is 4.38. The third-order valence-corrected chi connectivity index (χ3v) is 5.01. The number of Topliss-reactive ketones (excluding diaryl/α,β-unsaturated/α-hetero) is 1. The third kappa shape index (κ3) is 3.44. The number of benzene rings is 1. The van der Waals surface area contributed by atoms with E-state index in [-0.39, 0.29) is 22.9 Å². The zero-order valence-electron chi connectivity index (χ0n) is 11.5. The first-order chi connectivity index (χ1) is 8.90. The van der Waals surface area contributed by atoms with Gasteiger partial charge >= 0.3 is 0 Å². The van der Waals surface area contributed by atoms with Gasteiger partial charge in [0.25, 0.3) is 0 Å². The lowest BCUT2D eigenvalue weighted by Gasteiger charge is -2.37. The first-order valence-electron chi connectivity index (χ1n) is 6.87. The maximum absolute atomic E-state index is 13.0. The molecule has 1 aliphatic rings. The average molecular weight is 327 g/mol. The highest BCUT2D eigenvalue weighted by Gasteiger charge is 2.36. The van der Waals surface area contributed by atoms with Crippen molar-refractivity contribution in [1.82, 2.24) is 0 Å². The fourth-order valence-corrected chi connectivity index (χ4v) is 3.56. The number of carbonyl (C=O) groups excluding carboxylic acids is 1. The summed E-state index contributed by atoms with van der Waals surface area (Å²) < 4.78 is 13.7. The maximum atomic E-state index is 13.0. The average Bonchev–Trinajstić information content (AvgIpc) is 2.32. The van der Waals surface area contributed by atoms with Gasteiger partial charge in [0.2, 0.25) is 0 Å². The van der Waals surface area contributed by atoms with Gasteiger partial charge in [-0.3, -0.25) is 4.79 Å². The van der Waals surface area contributed by atoms with Gasteiger partial charge in [-0.15, -0.1) is 0 Å². The smallest absolute Gasteiger partial charge is 0.140 e. The van der Waals surface area contributed by atoms with Crippen LogP contribution in [0.5, 0.6) is 0 Å². The molecule has 0 aromatic heterocycles. The maximum Gasteiger partial charge on any atom is 0.140 e. The van der Waals surface area contributed by atoms with Crippen molar-refractivity contribution in [3.8, 4) is 0 Å². The summed E-state index contributed by atoms with van der Waals surface area (Å²) in [4.78, 5) is 12.5. The molecule has 3 heteroatoms. The van der Waals surface area contributed by atoms with Gasteiger partial charge in [0.1, 0.15) is 11.6 Å². The van der Waals surface area contributed by atoms with Gasteiger partial charge in [0.05, 0.1) is 0 Å². The molecule has 0 bridgehead atoms. The number of hydrogen-bond donors (Lipinski definition) is 0. The van der Waals surface area contributed by atoms with Crippen molar-refractivity contribution < 1.29 is 9.18 Å². The molecule has 0 N–H and O–H groups in total. The molecule has 1 aliphatic carbocycles. The van der Waals surface area contributed by atoms with E-state index in [0.717, 1.165) is 24.8 Å². The summed E-state index contributed by atoms with van der Waals surface area (Å²) in [5.74, 6) is 0.149. The van der Waals surface area contributed by atoms with Gasteiger partial charge in [-0.05, 0) is 36.0 Å². The van der Waals surface area contributed by atoms with Crippen LogP contribution in [0.4, 0.5) is 4.39 Å². The summed E-state index contributed by atoms with van der Waals surface area (Å²) in [5, 5.41) is 0. The molecule has 1 fully saturated rings. The Balaban J connectivity index is 2.12. The predicted molar refractivity (Wildman–Crippen MR) is 78.6 cm³/mol. The Hall–Kier alpha value is -0.700. The fourth-order valence-electron chi connectivity index (χ4n) is 3.07.